The van der Waals surface area contributed by atoms with Crippen LogP contribution in [0.15, 0.2) is 40.9 Å². The number of hydrogen-bond acceptors (Lipinski definition) is 3. The molecule has 1 N–H and O–H groups in total. The third kappa shape index (κ3) is 6.05. The molecule has 136 valence electrons. The fourth-order valence-electron chi connectivity index (χ4n) is 2.58. The number of hydrogen-bond donors (Lipinski definition) is 1. The summed E-state index contributed by atoms with van der Waals surface area (Å²) in [4.78, 5) is 0. The van der Waals surface area contributed by atoms with Crippen molar-refractivity contribution >= 4 is 15.9 Å². The molecular weight excluding hydrogens is 378 g/mol. The molecular formula is C21H28BrNO2. The first-order valence-corrected chi connectivity index (χ1v) is 9.78. The van der Waals surface area contributed by atoms with Crippen LogP contribution in [0, 0.1) is 6.92 Å². The van der Waals surface area contributed by atoms with Crippen LogP contribution in [0.2, 0.25) is 0 Å². The van der Waals surface area contributed by atoms with E-state index >= 15 is 0 Å². The first-order valence-electron chi connectivity index (χ1n) is 8.99. The predicted molar refractivity (Wildman–Crippen MR) is 107 cm³/mol. The number of benzene rings is 2. The molecule has 0 radical (unpaired) electrons. The highest BCUT2D eigenvalue weighted by Gasteiger charge is 2.13. The zero-order valence-corrected chi connectivity index (χ0v) is 17.0. The molecule has 2 rings (SSSR count). The minimum absolute atomic E-state index is 0.527. The van der Waals surface area contributed by atoms with Crippen molar-refractivity contribution in [3.05, 3.63) is 57.6 Å². The van der Waals surface area contributed by atoms with Crippen LogP contribution < -0.4 is 14.8 Å². The average molecular weight is 406 g/mol. The van der Waals surface area contributed by atoms with Gasteiger partial charge < -0.3 is 14.8 Å². The second-order valence-corrected chi connectivity index (χ2v) is 6.94. The summed E-state index contributed by atoms with van der Waals surface area (Å²) in [5, 5.41) is 3.47. The van der Waals surface area contributed by atoms with Crippen molar-refractivity contribution in [2.75, 3.05) is 13.2 Å². The summed E-state index contributed by atoms with van der Waals surface area (Å²) < 4.78 is 12.8. The van der Waals surface area contributed by atoms with Crippen molar-refractivity contribution < 1.29 is 9.47 Å². The number of aryl methyl sites for hydroxylation is 1. The van der Waals surface area contributed by atoms with Crippen LogP contribution in [-0.2, 0) is 13.2 Å². The van der Waals surface area contributed by atoms with Crippen molar-refractivity contribution in [1.82, 2.24) is 5.32 Å². The van der Waals surface area contributed by atoms with Crippen molar-refractivity contribution in [1.29, 1.82) is 0 Å². The first-order chi connectivity index (χ1) is 12.2. The zero-order chi connectivity index (χ0) is 18.1. The van der Waals surface area contributed by atoms with E-state index in [9.17, 15) is 0 Å². The van der Waals surface area contributed by atoms with E-state index in [-0.39, 0.29) is 0 Å². The van der Waals surface area contributed by atoms with Crippen LogP contribution in [0.5, 0.6) is 11.5 Å². The molecule has 0 aliphatic carbocycles. The Morgan fingerprint density at radius 3 is 2.60 bits per heavy atom. The third-order valence-corrected chi connectivity index (χ3v) is 4.63. The van der Waals surface area contributed by atoms with E-state index in [4.69, 9.17) is 9.47 Å². The van der Waals surface area contributed by atoms with Crippen LogP contribution in [0.1, 0.15) is 43.4 Å². The molecule has 0 saturated carbocycles. The van der Waals surface area contributed by atoms with Gasteiger partial charge in [-0.2, -0.15) is 0 Å². The molecule has 0 saturated heterocycles. The maximum absolute atomic E-state index is 6.09. The summed E-state index contributed by atoms with van der Waals surface area (Å²) in [5.41, 5.74) is 3.60. The number of nitrogens with one attached hydrogen (secondary N) is 1. The largest absolute Gasteiger partial charge is 0.490 e. The van der Waals surface area contributed by atoms with Gasteiger partial charge in [0.05, 0.1) is 11.1 Å². The second-order valence-electron chi connectivity index (χ2n) is 6.08. The fraction of sp³-hybridized carbons (Fsp3) is 0.429. The molecule has 2 aromatic rings. The minimum atomic E-state index is 0.527. The van der Waals surface area contributed by atoms with Crippen molar-refractivity contribution in [2.24, 2.45) is 0 Å². The van der Waals surface area contributed by atoms with Gasteiger partial charge in [0.15, 0.2) is 11.5 Å². The molecule has 0 heterocycles. The molecule has 0 atom stereocenters. The lowest BCUT2D eigenvalue weighted by molar-refractivity contribution is 0.267. The van der Waals surface area contributed by atoms with Gasteiger partial charge in [0.1, 0.15) is 6.61 Å². The Kier molecular flexibility index (Phi) is 8.29. The van der Waals surface area contributed by atoms with E-state index in [0.29, 0.717) is 13.2 Å². The SMILES string of the molecule is CCCCNCc1cc(Br)c(OCc2ccccc2C)c(OCC)c1. The van der Waals surface area contributed by atoms with Gasteiger partial charge in [0.2, 0.25) is 0 Å². The zero-order valence-electron chi connectivity index (χ0n) is 15.4. The highest BCUT2D eigenvalue weighted by molar-refractivity contribution is 9.10. The van der Waals surface area contributed by atoms with Crippen LogP contribution in [0.25, 0.3) is 0 Å². The van der Waals surface area contributed by atoms with Crippen molar-refractivity contribution in [3.63, 3.8) is 0 Å². The predicted octanol–water partition coefficient (Wildman–Crippen LogP) is 5.62. The van der Waals surface area contributed by atoms with Crippen molar-refractivity contribution in [2.45, 2.75) is 46.8 Å². The Morgan fingerprint density at radius 1 is 1.08 bits per heavy atom. The third-order valence-electron chi connectivity index (χ3n) is 4.04. The Hall–Kier alpha value is -1.52. The van der Waals surface area contributed by atoms with E-state index in [1.165, 1.54) is 29.5 Å². The maximum Gasteiger partial charge on any atom is 0.175 e. The average Bonchev–Trinajstić information content (AvgIpc) is 2.60. The highest BCUT2D eigenvalue weighted by atomic mass is 79.9. The molecule has 0 aliphatic heterocycles. The van der Waals surface area contributed by atoms with E-state index in [2.05, 4.69) is 59.4 Å². The molecule has 0 spiro atoms. The summed E-state index contributed by atoms with van der Waals surface area (Å²) in [7, 11) is 0. The van der Waals surface area contributed by atoms with Gasteiger partial charge >= 0.3 is 0 Å². The highest BCUT2D eigenvalue weighted by Crippen LogP contribution is 2.37. The minimum Gasteiger partial charge on any atom is -0.490 e. The monoisotopic (exact) mass is 405 g/mol. The van der Waals surface area contributed by atoms with E-state index in [1.807, 2.05) is 19.1 Å². The number of halogens is 1. The van der Waals surface area contributed by atoms with Crippen LogP contribution in [-0.4, -0.2) is 13.2 Å². The molecule has 3 nitrogen and oxygen atoms in total. The van der Waals surface area contributed by atoms with E-state index in [0.717, 1.165) is 29.1 Å². The standard InChI is InChI=1S/C21H28BrNO2/c1-4-6-11-23-14-17-12-19(22)21(20(13-17)24-5-2)25-15-18-10-8-7-9-16(18)3/h7-10,12-13,23H,4-6,11,14-15H2,1-3H3. The molecule has 0 unspecified atom stereocenters. The van der Waals surface area contributed by atoms with Gasteiger partial charge in [-0.15, -0.1) is 0 Å². The van der Waals surface area contributed by atoms with Gasteiger partial charge in [-0.1, -0.05) is 37.6 Å². The summed E-state index contributed by atoms with van der Waals surface area (Å²) in [5.74, 6) is 1.56. The van der Waals surface area contributed by atoms with Gasteiger partial charge in [0, 0.05) is 6.54 Å². The lowest BCUT2D eigenvalue weighted by Crippen LogP contribution is -2.14. The lowest BCUT2D eigenvalue weighted by atomic mass is 10.1. The quantitative estimate of drug-likeness (QED) is 0.519. The smallest absolute Gasteiger partial charge is 0.175 e. The molecule has 0 bridgehead atoms. The summed E-state index contributed by atoms with van der Waals surface area (Å²) in [6.45, 7) is 9.29. The normalized spacial score (nSPS) is 10.7. The summed E-state index contributed by atoms with van der Waals surface area (Å²) in [6.07, 6.45) is 2.39. The van der Waals surface area contributed by atoms with Gasteiger partial charge in [-0.25, -0.2) is 0 Å². The summed E-state index contributed by atoms with van der Waals surface area (Å²) >= 11 is 3.65. The number of unbranched alkanes of at least 4 members (excludes halogenated alkanes) is 1. The number of ether oxygens (including phenoxy) is 2. The van der Waals surface area contributed by atoms with Crippen LogP contribution in [0.3, 0.4) is 0 Å². The van der Waals surface area contributed by atoms with Gasteiger partial charge in [0.25, 0.3) is 0 Å². The number of rotatable bonds is 10. The molecule has 0 aromatic heterocycles. The Balaban J connectivity index is 2.11. The van der Waals surface area contributed by atoms with Crippen LogP contribution in [0.4, 0.5) is 0 Å². The second kappa shape index (κ2) is 10.5. The maximum atomic E-state index is 6.09. The van der Waals surface area contributed by atoms with Gasteiger partial charge in [-0.3, -0.25) is 0 Å². The molecule has 4 heteroatoms. The Morgan fingerprint density at radius 2 is 1.88 bits per heavy atom. The van der Waals surface area contributed by atoms with Crippen LogP contribution >= 0.6 is 15.9 Å². The molecule has 25 heavy (non-hydrogen) atoms. The van der Waals surface area contributed by atoms with E-state index < -0.39 is 0 Å². The van der Waals surface area contributed by atoms with Gasteiger partial charge in [-0.05, 0) is 71.6 Å². The topological polar surface area (TPSA) is 30.5 Å². The van der Waals surface area contributed by atoms with Crippen molar-refractivity contribution in [3.8, 4) is 11.5 Å². The first kappa shape index (κ1) is 19.8. The molecule has 2 aromatic carbocycles. The molecule has 0 amide bonds. The van der Waals surface area contributed by atoms with E-state index in [1.54, 1.807) is 0 Å². The lowest BCUT2D eigenvalue weighted by Gasteiger charge is -2.16. The molecule has 0 fully saturated rings. The Bertz CT molecular complexity index is 673. The Labute approximate surface area is 159 Å². The summed E-state index contributed by atoms with van der Waals surface area (Å²) in [6, 6.07) is 12.4. The fourth-order valence-corrected chi connectivity index (χ4v) is 3.19. The molecule has 0 aliphatic rings.